The van der Waals surface area contributed by atoms with Gasteiger partial charge in [-0.3, -0.25) is 28.8 Å². The Morgan fingerprint density at radius 2 is 0.519 bits per heavy atom. The minimum atomic E-state index is -1.22. The molecule has 0 saturated heterocycles. The monoisotopic (exact) mass is 1890 g/mol. The molecule has 135 heavy (non-hydrogen) atoms. The van der Waals surface area contributed by atoms with Crippen LogP contribution in [-0.2, 0) is 61.9 Å². The molecule has 15 heteroatoms. The second kappa shape index (κ2) is 99.9. The summed E-state index contributed by atoms with van der Waals surface area (Å²) in [4.78, 5) is 83.4. The Hall–Kier alpha value is -5.64. The van der Waals surface area contributed by atoms with Crippen molar-refractivity contribution in [3.8, 4) is 0 Å². The molecule has 1 fully saturated rings. The Balaban J connectivity index is 3.05. The molecular formula is C120H211NO14. The number of esters is 6. The summed E-state index contributed by atoms with van der Waals surface area (Å²) in [5, 5.41) is 11.8. The summed E-state index contributed by atoms with van der Waals surface area (Å²) in [5.41, 5.74) is 0. The van der Waals surface area contributed by atoms with Crippen LogP contribution in [0.4, 0.5) is 0 Å². The van der Waals surface area contributed by atoms with Crippen LogP contribution in [0.15, 0.2) is 109 Å². The van der Waals surface area contributed by atoms with E-state index < -0.39 is 48.4 Å². The molecular weight excluding hydrogens is 1680 g/mol. The van der Waals surface area contributed by atoms with Gasteiger partial charge in [-0.2, -0.15) is 0 Å². The number of allylic oxidation sites excluding steroid dienone is 15. The lowest BCUT2D eigenvalue weighted by Gasteiger charge is -2.40. The van der Waals surface area contributed by atoms with Crippen molar-refractivity contribution in [1.82, 2.24) is 4.90 Å². The van der Waals surface area contributed by atoms with Crippen LogP contribution >= 0.6 is 0 Å². The highest BCUT2D eigenvalue weighted by Gasteiger charge is 2.47. The van der Waals surface area contributed by atoms with Gasteiger partial charge < -0.3 is 43.2 Å². The third-order valence-electron chi connectivity index (χ3n) is 26.0. The number of carbonyl (C=O) groups excluding carboxylic acids is 6. The number of rotatable bonds is 99. The topological polar surface area (TPSA) is 190 Å². The lowest BCUT2D eigenvalue weighted by atomic mass is 9.82. The normalized spacial score (nSPS) is 16.0. The summed E-state index contributed by atoms with van der Waals surface area (Å²) in [5.74, 6) is -2.19. The van der Waals surface area contributed by atoms with Gasteiger partial charge in [0.05, 0.1) is 12.5 Å². The lowest BCUT2D eigenvalue weighted by molar-refractivity contribution is -0.230. The van der Waals surface area contributed by atoms with Crippen molar-refractivity contribution < 1.29 is 67.0 Å². The molecule has 6 unspecified atom stereocenters. The summed E-state index contributed by atoms with van der Waals surface area (Å²) >= 11 is 0. The molecule has 0 aromatic rings. The summed E-state index contributed by atoms with van der Waals surface area (Å²) in [7, 11) is 3.96. The smallest absolute Gasteiger partial charge is 0.309 e. The zero-order valence-corrected chi connectivity index (χ0v) is 88.8. The Labute approximate surface area is 830 Å². The molecule has 15 nitrogen and oxygen atoms in total. The number of aliphatic hydroxyl groups excluding tert-OH is 1. The van der Waals surface area contributed by atoms with Crippen LogP contribution in [0.25, 0.3) is 0 Å². The summed E-state index contributed by atoms with van der Waals surface area (Å²) in [6, 6.07) is 0. The third-order valence-corrected chi connectivity index (χ3v) is 26.0. The maximum Gasteiger partial charge on any atom is 0.309 e. The molecule has 780 valence electrons. The first-order chi connectivity index (χ1) is 66.2. The maximum absolute atomic E-state index is 14.1. The van der Waals surface area contributed by atoms with Crippen molar-refractivity contribution in [1.29, 1.82) is 0 Å². The molecule has 0 aromatic carbocycles. The third kappa shape index (κ3) is 87.1. The zero-order chi connectivity index (χ0) is 97.9. The Morgan fingerprint density at radius 1 is 0.281 bits per heavy atom. The number of carbonyl (C=O) groups is 6. The van der Waals surface area contributed by atoms with Crippen molar-refractivity contribution >= 4 is 35.8 Å². The van der Waals surface area contributed by atoms with Crippen LogP contribution in [0.1, 0.15) is 542 Å². The van der Waals surface area contributed by atoms with Gasteiger partial charge in [-0.05, 0) is 239 Å². The number of nitrogens with zero attached hydrogens (tertiary/aromatic N) is 1. The minimum absolute atomic E-state index is 0.0668. The van der Waals surface area contributed by atoms with Crippen molar-refractivity contribution in [3.63, 3.8) is 0 Å². The molecule has 1 aliphatic rings. The summed E-state index contributed by atoms with van der Waals surface area (Å²) in [6.07, 6.45) is 112. The van der Waals surface area contributed by atoms with Gasteiger partial charge in [0.2, 0.25) is 0 Å². The van der Waals surface area contributed by atoms with Crippen molar-refractivity contribution in [3.05, 3.63) is 109 Å². The van der Waals surface area contributed by atoms with Gasteiger partial charge in [0.25, 0.3) is 0 Å². The van der Waals surface area contributed by atoms with Gasteiger partial charge in [0.15, 0.2) is 6.29 Å². The van der Waals surface area contributed by atoms with Crippen LogP contribution in [0, 0.1) is 5.92 Å². The second-order valence-corrected chi connectivity index (χ2v) is 39.5. The van der Waals surface area contributed by atoms with Crippen LogP contribution in [-0.4, -0.2) is 116 Å². The molecule has 0 bridgehead atoms. The van der Waals surface area contributed by atoms with E-state index in [0.717, 1.165) is 276 Å². The van der Waals surface area contributed by atoms with Crippen LogP contribution in [0.2, 0.25) is 0 Å². The molecule has 0 amide bonds. The fourth-order valence-corrected chi connectivity index (χ4v) is 17.5. The maximum atomic E-state index is 14.1. The molecule has 8 atom stereocenters. The van der Waals surface area contributed by atoms with E-state index in [4.69, 9.17) is 33.2 Å². The van der Waals surface area contributed by atoms with E-state index in [1.807, 2.05) is 19.0 Å². The van der Waals surface area contributed by atoms with Crippen molar-refractivity contribution in [2.75, 3.05) is 27.2 Å². The van der Waals surface area contributed by atoms with Crippen LogP contribution in [0.3, 0.4) is 0 Å². The summed E-state index contributed by atoms with van der Waals surface area (Å²) < 4.78 is 43.4. The Kier molecular flexibility index (Phi) is 94.3. The minimum Gasteiger partial charge on any atom is -0.465 e. The zero-order valence-electron chi connectivity index (χ0n) is 88.8. The van der Waals surface area contributed by atoms with Crippen molar-refractivity contribution in [2.24, 2.45) is 5.92 Å². The molecule has 0 spiro atoms. The van der Waals surface area contributed by atoms with E-state index in [2.05, 4.69) is 151 Å². The predicted octanol–water partition coefficient (Wildman–Crippen LogP) is 34.5. The molecule has 0 heterocycles. The SMILES string of the molecule is CCCCC/C=C\C/C=C\CCCCCCCC(=O)OC(C/C=C\CCCCCCCC(=O)OC1CC(C(=O)OCCCN(C)C)C[C@@H](OC(=O)CCCCCCC/C=C\CC(CCCCCC)OC(=O)CCCCCCC/C=C\C/C=C\CCCCC)[C@H]1OC(O)CCCCCCC/C=C\CC(CCCCCC)OC(=O)CCCCCCC/C=C\C/C=C\CCCCC)CCCCCC. The highest BCUT2D eigenvalue weighted by atomic mass is 16.7. The Bertz CT molecular complexity index is 2850. The van der Waals surface area contributed by atoms with Gasteiger partial charge in [-0.1, -0.05) is 363 Å². The standard InChI is InChI=1S/C120H211NO14/c1-9-15-21-27-30-33-36-39-42-45-48-51-63-72-84-97-113(122)130-108(91-78-24-18-12-4)94-81-69-60-54-57-66-75-87-100-116(125)133-111-105-107(120(128)129-104-90-103-121(7)8)106-112(134-117(126)101-88-76-67-58-55-61-70-82-95-109(92-79-25-19-13-5)131-114(123)98-85-73-64-52-49-46-43-40-37-34-31-28-22-16-10-2)119(111)135-118(127)102-89-77-68-59-56-62-71-83-96-110(93-80-26-20-14-6)132-115(124)99-86-74-65-53-50-47-44-41-38-35-32-29-23-17-11-3/h30-35,39-44,69-71,81-83,107-112,118-119,127H,9-29,36-38,45-68,72-80,84-106H2,1-8H3/b33-30-,34-31-,35-32-,42-39-,43-40-,44-41-,81-69-,82-70-,83-71-/t107?,108?,109?,110?,111-,112?,118?,119-/m1/s1. The van der Waals surface area contributed by atoms with E-state index in [1.54, 1.807) is 0 Å². The first-order valence-electron chi connectivity index (χ1n) is 57.2. The van der Waals surface area contributed by atoms with Gasteiger partial charge in [-0.25, -0.2) is 0 Å². The van der Waals surface area contributed by atoms with Crippen molar-refractivity contribution in [2.45, 2.75) is 585 Å². The molecule has 0 aliphatic heterocycles. The molecule has 1 N–H and O–H groups in total. The number of hydrogen-bond donors (Lipinski definition) is 1. The highest BCUT2D eigenvalue weighted by Crippen LogP contribution is 2.35. The van der Waals surface area contributed by atoms with E-state index in [-0.39, 0.29) is 68.5 Å². The van der Waals surface area contributed by atoms with E-state index in [0.29, 0.717) is 51.4 Å². The first kappa shape index (κ1) is 127. The number of aliphatic hydroxyl groups is 1. The quantitative estimate of drug-likeness (QED) is 0.0199. The molecule has 0 aromatic heterocycles. The number of unbranched alkanes of at least 4 members (excludes halogenated alkanes) is 48. The molecule has 1 aliphatic carbocycles. The summed E-state index contributed by atoms with van der Waals surface area (Å²) in [6.45, 7) is 14.4. The molecule has 1 rings (SSSR count). The van der Waals surface area contributed by atoms with Crippen LogP contribution < -0.4 is 0 Å². The van der Waals surface area contributed by atoms with E-state index in [1.165, 1.54) is 154 Å². The average Bonchev–Trinajstić information content (AvgIpc) is 0.802. The fourth-order valence-electron chi connectivity index (χ4n) is 17.5. The number of hydrogen-bond acceptors (Lipinski definition) is 15. The highest BCUT2D eigenvalue weighted by molar-refractivity contribution is 5.74. The first-order valence-corrected chi connectivity index (χ1v) is 57.2. The predicted molar refractivity (Wildman–Crippen MR) is 570 cm³/mol. The lowest BCUT2D eigenvalue weighted by Crippen LogP contribution is -2.52. The molecule has 1 saturated carbocycles. The van der Waals surface area contributed by atoms with Gasteiger partial charge in [0, 0.05) is 70.8 Å². The largest absolute Gasteiger partial charge is 0.465 e. The molecule has 0 radical (unpaired) electrons. The average molecular weight is 1890 g/mol. The van der Waals surface area contributed by atoms with Gasteiger partial charge in [0.1, 0.15) is 36.6 Å². The van der Waals surface area contributed by atoms with Crippen LogP contribution in [0.5, 0.6) is 0 Å². The second-order valence-electron chi connectivity index (χ2n) is 39.5. The van der Waals surface area contributed by atoms with Gasteiger partial charge >= 0.3 is 35.8 Å². The number of ether oxygens (including phenoxy) is 7. The van der Waals surface area contributed by atoms with E-state index in [9.17, 15) is 33.9 Å². The van der Waals surface area contributed by atoms with E-state index >= 15 is 0 Å². The Morgan fingerprint density at radius 3 is 0.807 bits per heavy atom. The fraction of sp³-hybridized carbons (Fsp3) is 0.800. The van der Waals surface area contributed by atoms with Gasteiger partial charge in [-0.15, -0.1) is 0 Å².